The van der Waals surface area contributed by atoms with Gasteiger partial charge in [-0.1, -0.05) is 13.0 Å². The molecular weight excluding hydrogens is 449 g/mol. The van der Waals surface area contributed by atoms with Crippen LogP contribution < -0.4 is 16.1 Å². The first-order chi connectivity index (χ1) is 14.7. The average Bonchev–Trinajstić information content (AvgIpc) is 3.26. The zero-order valence-corrected chi connectivity index (χ0v) is 16.7. The molecule has 6 nitrogen and oxygen atoms in total. The number of hydrogen-bond donors (Lipinski definition) is 4. The Kier molecular flexibility index (Phi) is 5.47. The SMILES string of the molecule is CC1(C(c2ccc(C(F)(F)F)c(F)c2)N2NC(CC(F)(F)F)C3C(=O)NC(O)NC32)CC1. The zero-order valence-electron chi connectivity index (χ0n) is 16.7. The Morgan fingerprint density at radius 2 is 1.88 bits per heavy atom. The van der Waals surface area contributed by atoms with Crippen molar-refractivity contribution < 1.29 is 40.6 Å². The smallest absolute Gasteiger partial charge is 0.361 e. The van der Waals surface area contributed by atoms with E-state index in [9.17, 15) is 40.6 Å². The molecule has 4 N–H and O–H groups in total. The molecule has 3 aliphatic rings. The van der Waals surface area contributed by atoms with Crippen molar-refractivity contribution in [3.63, 3.8) is 0 Å². The van der Waals surface area contributed by atoms with Crippen LogP contribution in [0.5, 0.6) is 0 Å². The molecule has 1 aromatic carbocycles. The highest BCUT2D eigenvalue weighted by Crippen LogP contribution is 2.58. The second-order valence-corrected chi connectivity index (χ2v) is 8.80. The number of aliphatic hydroxyl groups excluding tert-OH is 1. The van der Waals surface area contributed by atoms with Crippen molar-refractivity contribution in [2.24, 2.45) is 11.3 Å². The number of amides is 1. The largest absolute Gasteiger partial charge is 0.419 e. The molecule has 13 heteroatoms. The van der Waals surface area contributed by atoms with Gasteiger partial charge in [-0.05, 0) is 36.0 Å². The maximum Gasteiger partial charge on any atom is 0.419 e. The summed E-state index contributed by atoms with van der Waals surface area (Å²) in [6.45, 7) is 1.78. The van der Waals surface area contributed by atoms with E-state index in [0.29, 0.717) is 18.9 Å². The summed E-state index contributed by atoms with van der Waals surface area (Å²) in [5.74, 6) is -3.55. The van der Waals surface area contributed by atoms with Crippen LogP contribution in [0.15, 0.2) is 18.2 Å². The van der Waals surface area contributed by atoms with Gasteiger partial charge in [0.25, 0.3) is 0 Å². The summed E-state index contributed by atoms with van der Waals surface area (Å²) < 4.78 is 92.8. The zero-order chi connectivity index (χ0) is 23.6. The maximum atomic E-state index is 14.3. The fraction of sp³-hybridized carbons (Fsp3) is 0.632. The third-order valence-electron chi connectivity index (χ3n) is 6.34. The number of carbonyl (C=O) groups excluding carboxylic acids is 1. The van der Waals surface area contributed by atoms with Crippen molar-refractivity contribution in [3.05, 3.63) is 35.1 Å². The predicted octanol–water partition coefficient (Wildman–Crippen LogP) is 2.76. The number of fused-ring (bicyclic) bond motifs is 1. The van der Waals surface area contributed by atoms with E-state index in [1.54, 1.807) is 6.92 Å². The lowest BCUT2D eigenvalue weighted by molar-refractivity contribution is -0.147. The minimum atomic E-state index is -4.90. The third-order valence-corrected chi connectivity index (χ3v) is 6.34. The number of carbonyl (C=O) groups is 1. The van der Waals surface area contributed by atoms with Gasteiger partial charge >= 0.3 is 12.4 Å². The Bertz CT molecular complexity index is 903. The summed E-state index contributed by atoms with van der Waals surface area (Å²) in [6, 6.07) is 0.178. The van der Waals surface area contributed by atoms with Crippen molar-refractivity contribution >= 4 is 5.91 Å². The minimum Gasteiger partial charge on any atom is -0.361 e. The quantitative estimate of drug-likeness (QED) is 0.510. The summed E-state index contributed by atoms with van der Waals surface area (Å²) >= 11 is 0. The van der Waals surface area contributed by atoms with Gasteiger partial charge in [-0.15, -0.1) is 0 Å². The highest BCUT2D eigenvalue weighted by molar-refractivity contribution is 5.81. The van der Waals surface area contributed by atoms with Gasteiger partial charge in [-0.25, -0.2) is 14.8 Å². The Morgan fingerprint density at radius 3 is 2.41 bits per heavy atom. The summed E-state index contributed by atoms with van der Waals surface area (Å²) in [5.41, 5.74) is 0.770. The van der Waals surface area contributed by atoms with Gasteiger partial charge in [0.15, 0.2) is 6.35 Å². The molecule has 2 saturated heterocycles. The molecule has 1 amide bonds. The van der Waals surface area contributed by atoms with Crippen LogP contribution in [0.4, 0.5) is 30.7 Å². The Morgan fingerprint density at radius 1 is 1.22 bits per heavy atom. The molecule has 0 radical (unpaired) electrons. The van der Waals surface area contributed by atoms with E-state index < -0.39 is 72.0 Å². The van der Waals surface area contributed by atoms with Crippen molar-refractivity contribution in [2.45, 2.75) is 63.1 Å². The molecule has 32 heavy (non-hydrogen) atoms. The first-order valence-corrected chi connectivity index (χ1v) is 9.92. The molecule has 178 valence electrons. The van der Waals surface area contributed by atoms with E-state index in [2.05, 4.69) is 16.1 Å². The Hall–Kier alpha value is -1.96. The van der Waals surface area contributed by atoms with Gasteiger partial charge in [-0.2, -0.15) is 26.3 Å². The molecule has 4 rings (SSSR count). The Labute approximate surface area is 178 Å². The van der Waals surface area contributed by atoms with Crippen LogP contribution in [0.3, 0.4) is 0 Å². The predicted molar refractivity (Wildman–Crippen MR) is 95.5 cm³/mol. The van der Waals surface area contributed by atoms with E-state index in [-0.39, 0.29) is 5.56 Å². The summed E-state index contributed by atoms with van der Waals surface area (Å²) in [4.78, 5) is 12.4. The van der Waals surface area contributed by atoms with Gasteiger partial charge in [0.1, 0.15) is 5.82 Å². The van der Waals surface area contributed by atoms with E-state index >= 15 is 0 Å². The molecular formula is C19H21F7N4O2. The number of benzene rings is 1. The normalized spacial score (nSPS) is 31.2. The van der Waals surface area contributed by atoms with Gasteiger partial charge in [0.2, 0.25) is 5.91 Å². The molecule has 0 bridgehead atoms. The standard InChI is InChI=1S/C19H21F7N4O2/c1-17(4-5-17)13(8-2-3-9(10(20)6-8)19(24,25)26)30-14-12(15(31)28-16(32)27-14)11(29-30)7-18(21,22)23/h2-3,6,11-14,16,27,29,32H,4-5,7H2,1H3,(H,28,31). The van der Waals surface area contributed by atoms with Crippen molar-refractivity contribution in [1.82, 2.24) is 21.1 Å². The lowest BCUT2D eigenvalue weighted by Crippen LogP contribution is -2.65. The van der Waals surface area contributed by atoms with Crippen LogP contribution in [0.2, 0.25) is 0 Å². The van der Waals surface area contributed by atoms with Crippen LogP contribution in [0, 0.1) is 17.2 Å². The number of rotatable bonds is 4. The summed E-state index contributed by atoms with van der Waals surface area (Å²) in [7, 11) is 0. The van der Waals surface area contributed by atoms with Gasteiger partial charge in [-0.3, -0.25) is 10.1 Å². The van der Waals surface area contributed by atoms with Crippen LogP contribution in [-0.2, 0) is 11.0 Å². The molecule has 3 fully saturated rings. The molecule has 1 aromatic rings. The maximum absolute atomic E-state index is 14.3. The van der Waals surface area contributed by atoms with Crippen LogP contribution in [0.25, 0.3) is 0 Å². The minimum absolute atomic E-state index is 0.122. The van der Waals surface area contributed by atoms with Crippen LogP contribution >= 0.6 is 0 Å². The Balaban J connectivity index is 1.74. The second kappa shape index (κ2) is 7.54. The number of halogens is 7. The lowest BCUT2D eigenvalue weighted by atomic mass is 9.88. The molecule has 0 spiro atoms. The van der Waals surface area contributed by atoms with Crippen LogP contribution in [-0.4, -0.2) is 40.8 Å². The van der Waals surface area contributed by atoms with Gasteiger partial charge < -0.3 is 10.4 Å². The number of hydrogen-bond acceptors (Lipinski definition) is 5. The molecule has 2 aliphatic heterocycles. The monoisotopic (exact) mass is 470 g/mol. The molecule has 2 heterocycles. The number of aliphatic hydroxyl groups is 1. The highest BCUT2D eigenvalue weighted by atomic mass is 19.4. The average molecular weight is 470 g/mol. The van der Waals surface area contributed by atoms with E-state index in [1.165, 1.54) is 5.01 Å². The highest BCUT2D eigenvalue weighted by Gasteiger charge is 2.58. The van der Waals surface area contributed by atoms with Crippen molar-refractivity contribution in [3.8, 4) is 0 Å². The lowest BCUT2D eigenvalue weighted by Gasteiger charge is -2.41. The van der Waals surface area contributed by atoms with Crippen LogP contribution in [0.1, 0.15) is 43.4 Å². The molecule has 5 atom stereocenters. The molecule has 1 aliphatic carbocycles. The number of hydrazine groups is 1. The second-order valence-electron chi connectivity index (χ2n) is 8.80. The number of nitrogens with one attached hydrogen (secondary N) is 3. The first-order valence-electron chi connectivity index (χ1n) is 9.92. The summed E-state index contributed by atoms with van der Waals surface area (Å²) in [5, 5.41) is 16.0. The molecule has 0 aromatic heterocycles. The summed E-state index contributed by atoms with van der Waals surface area (Å²) in [6.07, 6.45) is -12.3. The third kappa shape index (κ3) is 4.30. The van der Waals surface area contributed by atoms with Crippen molar-refractivity contribution in [2.75, 3.05) is 0 Å². The van der Waals surface area contributed by atoms with E-state index in [1.807, 2.05) is 0 Å². The first kappa shape index (κ1) is 23.2. The van der Waals surface area contributed by atoms with Gasteiger partial charge in [0, 0.05) is 6.04 Å². The fourth-order valence-corrected chi connectivity index (χ4v) is 4.65. The number of nitrogens with zero attached hydrogens (tertiary/aromatic N) is 1. The van der Waals surface area contributed by atoms with Crippen molar-refractivity contribution in [1.29, 1.82) is 0 Å². The topological polar surface area (TPSA) is 76.6 Å². The van der Waals surface area contributed by atoms with E-state index in [0.717, 1.165) is 12.1 Å². The fourth-order valence-electron chi connectivity index (χ4n) is 4.65. The van der Waals surface area contributed by atoms with Gasteiger partial charge in [0.05, 0.1) is 30.1 Å². The molecule has 5 unspecified atom stereocenters. The van der Waals surface area contributed by atoms with E-state index in [4.69, 9.17) is 0 Å². The molecule has 1 saturated carbocycles. The number of alkyl halides is 6.